The van der Waals surface area contributed by atoms with E-state index >= 15 is 0 Å². The third-order valence-corrected chi connectivity index (χ3v) is 7.95. The summed E-state index contributed by atoms with van der Waals surface area (Å²) in [5.41, 5.74) is 10.9. The highest BCUT2D eigenvalue weighted by atomic mass is 16.1. The fraction of sp³-hybridized carbons (Fsp3) is 0.0238. The fourth-order valence-corrected chi connectivity index (χ4v) is 5.85. The Balaban J connectivity index is 1.40. The van der Waals surface area contributed by atoms with Gasteiger partial charge in [0.2, 0.25) is 0 Å². The summed E-state index contributed by atoms with van der Waals surface area (Å²) < 4.78 is 2.15. The van der Waals surface area contributed by atoms with E-state index in [9.17, 15) is 4.79 Å². The largest absolute Gasteiger partial charge is 0.311 e. The molecule has 0 unspecified atom stereocenters. The summed E-state index contributed by atoms with van der Waals surface area (Å²) in [6, 6.07) is 43.9. The van der Waals surface area contributed by atoms with Gasteiger partial charge in [0.05, 0.1) is 11.2 Å². The zero-order chi connectivity index (χ0) is 31.2. The lowest BCUT2D eigenvalue weighted by Gasteiger charge is -2.26. The van der Waals surface area contributed by atoms with Crippen LogP contribution in [-0.2, 0) is 0 Å². The van der Waals surface area contributed by atoms with Gasteiger partial charge < -0.3 is 9.47 Å². The lowest BCUT2D eigenvalue weighted by Crippen LogP contribution is -2.14. The van der Waals surface area contributed by atoms with Crippen LogP contribution in [0.5, 0.6) is 0 Å². The van der Waals surface area contributed by atoms with Gasteiger partial charge in [0, 0.05) is 33.7 Å². The lowest BCUT2D eigenvalue weighted by atomic mass is 10.0. The maximum Gasteiger partial charge on any atom is 0.152 e. The second-order valence-corrected chi connectivity index (χ2v) is 10.6. The highest BCUT2D eigenvalue weighted by Crippen LogP contribution is 2.36. The number of aromatic nitrogens is 1. The molecule has 45 heavy (non-hydrogen) atoms. The molecule has 218 valence electrons. The Bertz CT molecular complexity index is 2030. The van der Waals surface area contributed by atoms with Crippen LogP contribution in [0.3, 0.4) is 0 Å². The number of rotatable bonds is 10. The zero-order valence-electron chi connectivity index (χ0n) is 25.3. The molecule has 0 N–H and O–H groups in total. The second-order valence-electron chi connectivity index (χ2n) is 10.6. The van der Waals surface area contributed by atoms with Crippen molar-refractivity contribution >= 4 is 34.6 Å². The monoisotopic (exact) mass is 582 g/mol. The molecule has 1 heterocycles. The van der Waals surface area contributed by atoms with Crippen LogP contribution in [0.2, 0.25) is 0 Å². The van der Waals surface area contributed by atoms with E-state index in [1.165, 1.54) is 5.56 Å². The van der Waals surface area contributed by atoms with Crippen LogP contribution < -0.4 is 4.90 Å². The fourth-order valence-electron chi connectivity index (χ4n) is 5.85. The second kappa shape index (κ2) is 13.2. The minimum atomic E-state index is 0.681. The summed E-state index contributed by atoms with van der Waals surface area (Å²) in [5.74, 6) is 0. The first-order chi connectivity index (χ1) is 22.2. The standard InChI is InChI=1S/C42H34N2O/c1-4-13-35(6-3)43(37-24-19-32(20-25-37)31-15-9-7-10-16-31)38-26-21-33(22-27-38)34-23-28-42-39(29-34)40(30-45)41(14-5-2)44(42)36-17-11-8-12-18-36/h4-30H,1,3H2,2H3/b14-5-,35-13+. The number of nitrogens with zero attached hydrogens (tertiary/aromatic N) is 2. The number of carbonyl (C=O) groups excluding carboxylic acids is 1. The van der Waals surface area contributed by atoms with E-state index in [1.807, 2.05) is 55.5 Å². The summed E-state index contributed by atoms with van der Waals surface area (Å²) in [5, 5.41) is 0.923. The molecule has 1 aromatic heterocycles. The molecule has 5 aromatic carbocycles. The van der Waals surface area contributed by atoms with Gasteiger partial charge in [-0.05, 0) is 95.9 Å². The van der Waals surface area contributed by atoms with E-state index in [-0.39, 0.29) is 0 Å². The number of fused-ring (bicyclic) bond motifs is 1. The summed E-state index contributed by atoms with van der Waals surface area (Å²) in [4.78, 5) is 14.6. The van der Waals surface area contributed by atoms with Gasteiger partial charge in [-0.15, -0.1) is 0 Å². The highest BCUT2D eigenvalue weighted by Gasteiger charge is 2.18. The number of carbonyl (C=O) groups is 1. The first-order valence-corrected chi connectivity index (χ1v) is 15.0. The van der Waals surface area contributed by atoms with Crippen LogP contribution >= 0.6 is 0 Å². The summed E-state index contributed by atoms with van der Waals surface area (Å²) in [6.45, 7) is 9.97. The lowest BCUT2D eigenvalue weighted by molar-refractivity contribution is 0.112. The Morgan fingerprint density at radius 1 is 0.689 bits per heavy atom. The first kappa shape index (κ1) is 29.2. The van der Waals surface area contributed by atoms with Gasteiger partial charge in [0.15, 0.2) is 6.29 Å². The molecule has 0 saturated heterocycles. The Morgan fingerprint density at radius 3 is 1.80 bits per heavy atom. The van der Waals surface area contributed by atoms with Crippen molar-refractivity contribution in [1.82, 2.24) is 4.57 Å². The maximum absolute atomic E-state index is 12.4. The van der Waals surface area contributed by atoms with Gasteiger partial charge >= 0.3 is 0 Å². The van der Waals surface area contributed by atoms with Crippen molar-refractivity contribution in [2.45, 2.75) is 6.92 Å². The van der Waals surface area contributed by atoms with Crippen molar-refractivity contribution in [3.05, 3.63) is 182 Å². The normalized spacial score (nSPS) is 11.5. The van der Waals surface area contributed by atoms with Crippen LogP contribution in [0.4, 0.5) is 11.4 Å². The van der Waals surface area contributed by atoms with Crippen LogP contribution in [0.15, 0.2) is 171 Å². The number of anilines is 2. The van der Waals surface area contributed by atoms with Crippen molar-refractivity contribution in [3.63, 3.8) is 0 Å². The van der Waals surface area contributed by atoms with Gasteiger partial charge in [-0.1, -0.05) is 104 Å². The number of hydrogen-bond acceptors (Lipinski definition) is 2. The Labute approximate surface area is 265 Å². The van der Waals surface area contributed by atoms with Crippen molar-refractivity contribution in [3.8, 4) is 27.9 Å². The van der Waals surface area contributed by atoms with Crippen LogP contribution in [-0.4, -0.2) is 10.9 Å². The number of benzene rings is 5. The molecule has 0 fully saturated rings. The quantitative estimate of drug-likeness (QED) is 0.119. The number of allylic oxidation sites excluding steroid dienone is 4. The molecule has 0 aliphatic carbocycles. The SMILES string of the molecule is C=C/C=C(\C=C)N(c1ccc(-c2ccccc2)cc1)c1ccc(-c2ccc3c(c2)c(C=O)c(/C=C\C)n3-c2ccccc2)cc1. The predicted octanol–water partition coefficient (Wildman–Crippen LogP) is 11.2. The van der Waals surface area contributed by atoms with Crippen molar-refractivity contribution in [2.75, 3.05) is 4.90 Å². The third kappa shape index (κ3) is 5.72. The molecule has 6 rings (SSSR count). The summed E-state index contributed by atoms with van der Waals surface area (Å²) >= 11 is 0. The number of hydrogen-bond donors (Lipinski definition) is 0. The summed E-state index contributed by atoms with van der Waals surface area (Å²) in [7, 11) is 0. The smallest absolute Gasteiger partial charge is 0.152 e. The number of aldehydes is 1. The van der Waals surface area contributed by atoms with E-state index in [0.717, 1.165) is 62.3 Å². The van der Waals surface area contributed by atoms with Crippen LogP contribution in [0, 0.1) is 0 Å². The maximum atomic E-state index is 12.4. The Hall–Kier alpha value is -5.93. The van der Waals surface area contributed by atoms with E-state index in [2.05, 4.69) is 126 Å². The van der Waals surface area contributed by atoms with Crippen molar-refractivity contribution in [1.29, 1.82) is 0 Å². The Morgan fingerprint density at radius 2 is 1.24 bits per heavy atom. The molecule has 0 atom stereocenters. The molecular weight excluding hydrogens is 548 g/mol. The molecule has 0 saturated carbocycles. The molecule has 0 radical (unpaired) electrons. The van der Waals surface area contributed by atoms with E-state index in [0.29, 0.717) is 5.56 Å². The van der Waals surface area contributed by atoms with Gasteiger partial charge in [-0.3, -0.25) is 4.79 Å². The van der Waals surface area contributed by atoms with Crippen LogP contribution in [0.1, 0.15) is 23.0 Å². The molecule has 0 bridgehead atoms. The molecule has 6 aromatic rings. The minimum absolute atomic E-state index is 0.681. The van der Waals surface area contributed by atoms with Gasteiger partial charge in [-0.2, -0.15) is 0 Å². The van der Waals surface area contributed by atoms with Gasteiger partial charge in [-0.25, -0.2) is 0 Å². The molecule has 0 spiro atoms. The molecule has 3 heteroatoms. The Kier molecular flexibility index (Phi) is 8.52. The highest BCUT2D eigenvalue weighted by molar-refractivity contribution is 6.04. The molecule has 3 nitrogen and oxygen atoms in total. The van der Waals surface area contributed by atoms with E-state index in [4.69, 9.17) is 0 Å². The molecule has 0 amide bonds. The van der Waals surface area contributed by atoms with Crippen LogP contribution in [0.25, 0.3) is 44.9 Å². The third-order valence-electron chi connectivity index (χ3n) is 7.95. The number of para-hydroxylation sites is 1. The van der Waals surface area contributed by atoms with Gasteiger partial charge in [0.1, 0.15) is 0 Å². The average Bonchev–Trinajstić information content (AvgIpc) is 3.41. The predicted molar refractivity (Wildman–Crippen MR) is 191 cm³/mol. The van der Waals surface area contributed by atoms with E-state index < -0.39 is 0 Å². The average molecular weight is 583 g/mol. The molecule has 0 aliphatic heterocycles. The van der Waals surface area contributed by atoms with Crippen molar-refractivity contribution < 1.29 is 4.79 Å². The van der Waals surface area contributed by atoms with E-state index in [1.54, 1.807) is 6.08 Å². The zero-order valence-corrected chi connectivity index (χ0v) is 25.3. The van der Waals surface area contributed by atoms with Crippen molar-refractivity contribution in [2.24, 2.45) is 0 Å². The molecular formula is C42H34N2O. The minimum Gasteiger partial charge on any atom is -0.311 e. The topological polar surface area (TPSA) is 25.2 Å². The van der Waals surface area contributed by atoms with Gasteiger partial charge in [0.25, 0.3) is 0 Å². The first-order valence-electron chi connectivity index (χ1n) is 15.0. The summed E-state index contributed by atoms with van der Waals surface area (Å²) in [6.07, 6.45) is 10.5. The molecule has 0 aliphatic rings.